The lowest BCUT2D eigenvalue weighted by Gasteiger charge is -2.37. The molecule has 1 aromatic rings. The van der Waals surface area contributed by atoms with Gasteiger partial charge < -0.3 is 15.0 Å². The Hall–Kier alpha value is -1.59. The second-order valence-corrected chi connectivity index (χ2v) is 6.48. The molecular weight excluding hydrogens is 314 g/mol. The number of nitrogens with zero attached hydrogens (tertiary/aromatic N) is 2. The fourth-order valence-electron chi connectivity index (χ4n) is 3.46. The minimum absolute atomic E-state index is 0.206. The fraction of sp³-hybridized carbons (Fsp3) is 0.650. The first-order valence-electron chi connectivity index (χ1n) is 9.68. The van der Waals surface area contributed by atoms with Crippen molar-refractivity contribution >= 4 is 5.91 Å². The lowest BCUT2D eigenvalue weighted by molar-refractivity contribution is -0.137. The van der Waals surface area contributed by atoms with Gasteiger partial charge in [-0.1, -0.05) is 32.0 Å². The second-order valence-electron chi connectivity index (χ2n) is 6.48. The highest BCUT2D eigenvalue weighted by atomic mass is 16.5. The quantitative estimate of drug-likeness (QED) is 0.746. The van der Waals surface area contributed by atoms with Crippen LogP contribution in [0, 0.1) is 0 Å². The molecule has 1 aromatic carbocycles. The number of nitrogens with one attached hydrogen (secondary N) is 1. The first-order chi connectivity index (χ1) is 12.2. The predicted molar refractivity (Wildman–Crippen MR) is 102 cm³/mol. The van der Waals surface area contributed by atoms with Gasteiger partial charge in [0.15, 0.2) is 0 Å². The molecule has 0 aliphatic carbocycles. The molecular formula is C20H33N3O2. The van der Waals surface area contributed by atoms with Crippen molar-refractivity contribution in [3.05, 3.63) is 29.8 Å². The molecule has 1 unspecified atom stereocenters. The summed E-state index contributed by atoms with van der Waals surface area (Å²) >= 11 is 0. The summed E-state index contributed by atoms with van der Waals surface area (Å²) in [7, 11) is 0. The lowest BCUT2D eigenvalue weighted by Crippen LogP contribution is -2.50. The van der Waals surface area contributed by atoms with Crippen LogP contribution in [-0.4, -0.2) is 61.6 Å². The highest BCUT2D eigenvalue weighted by Crippen LogP contribution is 2.31. The zero-order chi connectivity index (χ0) is 18.1. The van der Waals surface area contributed by atoms with E-state index in [2.05, 4.69) is 24.1 Å². The third-order valence-corrected chi connectivity index (χ3v) is 4.56. The molecule has 1 saturated heterocycles. The molecule has 2 rings (SSSR count). The number of amides is 1. The number of piperazine rings is 1. The van der Waals surface area contributed by atoms with Crippen LogP contribution in [0.2, 0.25) is 0 Å². The number of carbonyl (C=O) groups is 1. The van der Waals surface area contributed by atoms with Crippen LogP contribution in [0.25, 0.3) is 0 Å². The fourth-order valence-corrected chi connectivity index (χ4v) is 3.46. The third kappa shape index (κ3) is 5.19. The maximum atomic E-state index is 13.5. The van der Waals surface area contributed by atoms with Crippen LogP contribution in [0.3, 0.4) is 0 Å². The van der Waals surface area contributed by atoms with Gasteiger partial charge >= 0.3 is 0 Å². The molecule has 0 radical (unpaired) electrons. The molecule has 1 N–H and O–H groups in total. The van der Waals surface area contributed by atoms with Crippen LogP contribution in [-0.2, 0) is 4.79 Å². The third-order valence-electron chi connectivity index (χ3n) is 4.56. The molecule has 5 heteroatoms. The van der Waals surface area contributed by atoms with Gasteiger partial charge in [-0.05, 0) is 25.8 Å². The Morgan fingerprint density at radius 2 is 1.80 bits per heavy atom. The maximum Gasteiger partial charge on any atom is 0.244 e. The highest BCUT2D eigenvalue weighted by Gasteiger charge is 2.33. The summed E-state index contributed by atoms with van der Waals surface area (Å²) in [6.07, 6.45) is 1.96. The van der Waals surface area contributed by atoms with Gasteiger partial charge in [-0.3, -0.25) is 9.69 Å². The van der Waals surface area contributed by atoms with Crippen molar-refractivity contribution in [1.29, 1.82) is 0 Å². The number of rotatable bonds is 9. The molecule has 0 aromatic heterocycles. The van der Waals surface area contributed by atoms with E-state index < -0.39 is 0 Å². The molecule has 0 saturated carbocycles. The minimum Gasteiger partial charge on any atom is -0.494 e. The van der Waals surface area contributed by atoms with Crippen molar-refractivity contribution in [3.8, 4) is 5.75 Å². The van der Waals surface area contributed by atoms with Gasteiger partial charge in [0.2, 0.25) is 5.91 Å². The molecule has 5 nitrogen and oxygen atoms in total. The zero-order valence-electron chi connectivity index (χ0n) is 16.0. The van der Waals surface area contributed by atoms with Crippen molar-refractivity contribution in [2.75, 3.05) is 45.9 Å². The molecule has 25 heavy (non-hydrogen) atoms. The van der Waals surface area contributed by atoms with Gasteiger partial charge in [-0.2, -0.15) is 0 Å². The van der Waals surface area contributed by atoms with Crippen molar-refractivity contribution in [2.24, 2.45) is 0 Å². The number of benzene rings is 1. The first kappa shape index (κ1) is 19.7. The van der Waals surface area contributed by atoms with Crippen LogP contribution in [0.1, 0.15) is 45.2 Å². The van der Waals surface area contributed by atoms with Gasteiger partial charge in [-0.15, -0.1) is 0 Å². The molecule has 0 spiro atoms. The van der Waals surface area contributed by atoms with E-state index in [4.69, 9.17) is 4.74 Å². The van der Waals surface area contributed by atoms with E-state index in [1.165, 1.54) is 0 Å². The van der Waals surface area contributed by atoms with Gasteiger partial charge in [0, 0.05) is 44.8 Å². The van der Waals surface area contributed by atoms with Crippen LogP contribution in [0.15, 0.2) is 24.3 Å². The molecule has 140 valence electrons. The minimum atomic E-state index is -0.261. The summed E-state index contributed by atoms with van der Waals surface area (Å²) in [6, 6.07) is 7.74. The highest BCUT2D eigenvalue weighted by molar-refractivity contribution is 5.84. The molecule has 1 heterocycles. The SMILES string of the molecule is CCCN(CCC)C(=O)C(c1ccccc1OCC)N1CCNCC1. The first-order valence-corrected chi connectivity index (χ1v) is 9.68. The van der Waals surface area contributed by atoms with Crippen molar-refractivity contribution in [3.63, 3.8) is 0 Å². The Labute approximate surface area is 152 Å². The lowest BCUT2D eigenvalue weighted by atomic mass is 10.0. The summed E-state index contributed by atoms with van der Waals surface area (Å²) in [4.78, 5) is 17.8. The van der Waals surface area contributed by atoms with E-state index in [1.807, 2.05) is 36.1 Å². The Bertz CT molecular complexity index is 523. The molecule has 1 aliphatic heterocycles. The molecule has 1 aliphatic rings. The normalized spacial score (nSPS) is 16.4. The van der Waals surface area contributed by atoms with E-state index >= 15 is 0 Å². The standard InChI is InChI=1S/C20H33N3O2/c1-4-13-23(14-5-2)20(24)19(22-15-11-21-12-16-22)17-9-7-8-10-18(17)25-6-3/h7-10,19,21H,4-6,11-16H2,1-3H3. The summed E-state index contributed by atoms with van der Waals surface area (Å²) in [6.45, 7) is 12.1. The summed E-state index contributed by atoms with van der Waals surface area (Å²) < 4.78 is 5.85. The molecule has 0 bridgehead atoms. The molecule has 1 atom stereocenters. The summed E-state index contributed by atoms with van der Waals surface area (Å²) in [5.41, 5.74) is 0.994. The van der Waals surface area contributed by atoms with E-state index in [-0.39, 0.29) is 11.9 Å². The van der Waals surface area contributed by atoms with Gasteiger partial charge in [0.25, 0.3) is 0 Å². The topological polar surface area (TPSA) is 44.8 Å². The zero-order valence-corrected chi connectivity index (χ0v) is 16.0. The Morgan fingerprint density at radius 3 is 2.40 bits per heavy atom. The van der Waals surface area contributed by atoms with Crippen LogP contribution >= 0.6 is 0 Å². The second kappa shape index (κ2) is 10.4. The summed E-state index contributed by atoms with van der Waals surface area (Å²) in [5.74, 6) is 1.03. The largest absolute Gasteiger partial charge is 0.494 e. The average Bonchev–Trinajstić information content (AvgIpc) is 2.64. The van der Waals surface area contributed by atoms with Gasteiger partial charge in [0.1, 0.15) is 11.8 Å². The van der Waals surface area contributed by atoms with E-state index in [0.29, 0.717) is 6.61 Å². The van der Waals surface area contributed by atoms with Crippen molar-refractivity contribution in [1.82, 2.24) is 15.1 Å². The van der Waals surface area contributed by atoms with Gasteiger partial charge in [-0.25, -0.2) is 0 Å². The predicted octanol–water partition coefficient (Wildman–Crippen LogP) is 2.68. The number of carbonyl (C=O) groups excluding carboxylic acids is 1. The van der Waals surface area contributed by atoms with Crippen LogP contribution < -0.4 is 10.1 Å². The van der Waals surface area contributed by atoms with Crippen molar-refractivity contribution < 1.29 is 9.53 Å². The van der Waals surface area contributed by atoms with E-state index in [1.54, 1.807) is 0 Å². The van der Waals surface area contributed by atoms with Crippen molar-refractivity contribution in [2.45, 2.75) is 39.7 Å². The van der Waals surface area contributed by atoms with Crippen LogP contribution in [0.4, 0.5) is 0 Å². The smallest absolute Gasteiger partial charge is 0.244 e. The molecule has 1 amide bonds. The number of ether oxygens (including phenoxy) is 1. The monoisotopic (exact) mass is 347 g/mol. The van der Waals surface area contributed by atoms with E-state index in [0.717, 1.165) is 63.4 Å². The van der Waals surface area contributed by atoms with Crippen LogP contribution in [0.5, 0.6) is 5.75 Å². The average molecular weight is 348 g/mol. The number of hydrogen-bond acceptors (Lipinski definition) is 4. The Morgan fingerprint density at radius 1 is 1.16 bits per heavy atom. The number of hydrogen-bond donors (Lipinski definition) is 1. The van der Waals surface area contributed by atoms with E-state index in [9.17, 15) is 4.79 Å². The Balaban J connectivity index is 2.37. The maximum absolute atomic E-state index is 13.5. The number of para-hydroxylation sites is 1. The molecule has 1 fully saturated rings. The van der Waals surface area contributed by atoms with Gasteiger partial charge in [0.05, 0.1) is 6.61 Å². The summed E-state index contributed by atoms with van der Waals surface area (Å²) in [5, 5.41) is 3.38. The Kier molecular flexibility index (Phi) is 8.22.